The van der Waals surface area contributed by atoms with E-state index in [1.54, 1.807) is 0 Å². The molecule has 1 heterocycles. The van der Waals surface area contributed by atoms with Crippen molar-refractivity contribution in [2.75, 3.05) is 5.32 Å². The first-order chi connectivity index (χ1) is 12.4. The highest BCUT2D eigenvalue weighted by Gasteiger charge is 2.13. The average Bonchev–Trinajstić information content (AvgIpc) is 2.61. The van der Waals surface area contributed by atoms with Crippen LogP contribution in [0.5, 0.6) is 11.6 Å². The lowest BCUT2D eigenvalue weighted by Crippen LogP contribution is -2.14. The predicted molar refractivity (Wildman–Crippen MR) is 85.0 cm³/mol. The number of hydrogen-bond donors (Lipinski definition) is 1. The molecule has 0 aliphatic heterocycles. The van der Waals surface area contributed by atoms with Crippen LogP contribution in [0.15, 0.2) is 54.6 Å². The topological polar surface area (TPSA) is 51.2 Å². The smallest absolute Gasteiger partial charge is 0.274 e. The van der Waals surface area contributed by atoms with Crippen LogP contribution in [0.4, 0.5) is 23.2 Å². The fourth-order valence-corrected chi connectivity index (χ4v) is 2.04. The molecule has 3 rings (SSSR count). The zero-order valence-corrected chi connectivity index (χ0v) is 13.0. The van der Waals surface area contributed by atoms with Gasteiger partial charge in [-0.25, -0.2) is 22.5 Å². The number of halogens is 4. The number of anilines is 1. The molecule has 0 aliphatic carbocycles. The van der Waals surface area contributed by atoms with Crippen molar-refractivity contribution in [3.63, 3.8) is 0 Å². The third kappa shape index (κ3) is 3.97. The van der Waals surface area contributed by atoms with E-state index in [4.69, 9.17) is 4.74 Å². The molecule has 3 aromatic rings. The van der Waals surface area contributed by atoms with E-state index in [1.165, 1.54) is 24.3 Å². The molecular weight excluding hydrogens is 352 g/mol. The summed E-state index contributed by atoms with van der Waals surface area (Å²) < 4.78 is 57.9. The number of nitrogens with one attached hydrogen (secondary N) is 1. The van der Waals surface area contributed by atoms with Gasteiger partial charge in [-0.05, 0) is 30.3 Å². The minimum atomic E-state index is -1.09. The number of pyridine rings is 1. The Balaban J connectivity index is 1.77. The van der Waals surface area contributed by atoms with Crippen LogP contribution in [0.2, 0.25) is 0 Å². The van der Waals surface area contributed by atoms with Gasteiger partial charge in [-0.15, -0.1) is 0 Å². The van der Waals surface area contributed by atoms with Gasteiger partial charge in [0.2, 0.25) is 5.88 Å². The standard InChI is InChI=1S/C18H10F4N2O2/c19-10-4-7-15(14(22)8-10)24-18(25)16-2-1-3-17(23-16)26-11-5-6-12(20)13(21)9-11/h1-9H,(H,24,25). The van der Waals surface area contributed by atoms with Gasteiger partial charge in [0.1, 0.15) is 23.1 Å². The summed E-state index contributed by atoms with van der Waals surface area (Å²) in [6, 6.07) is 9.80. The minimum Gasteiger partial charge on any atom is -0.439 e. The van der Waals surface area contributed by atoms with Gasteiger partial charge in [-0.3, -0.25) is 4.79 Å². The van der Waals surface area contributed by atoms with E-state index in [-0.39, 0.29) is 23.0 Å². The predicted octanol–water partition coefficient (Wildman–Crippen LogP) is 4.68. The fraction of sp³-hybridized carbons (Fsp3) is 0. The number of carbonyl (C=O) groups excluding carboxylic acids is 1. The number of benzene rings is 2. The van der Waals surface area contributed by atoms with Crippen LogP contribution >= 0.6 is 0 Å². The maximum Gasteiger partial charge on any atom is 0.274 e. The fourth-order valence-electron chi connectivity index (χ4n) is 2.04. The first-order valence-electron chi connectivity index (χ1n) is 7.29. The lowest BCUT2D eigenvalue weighted by Gasteiger charge is -2.08. The molecule has 8 heteroatoms. The van der Waals surface area contributed by atoms with E-state index in [0.29, 0.717) is 6.07 Å². The Morgan fingerprint density at radius 2 is 1.69 bits per heavy atom. The molecule has 0 unspecified atom stereocenters. The Morgan fingerprint density at radius 1 is 0.885 bits per heavy atom. The number of hydrogen-bond acceptors (Lipinski definition) is 3. The molecule has 4 nitrogen and oxygen atoms in total. The van der Waals surface area contributed by atoms with Gasteiger partial charge in [0.15, 0.2) is 11.6 Å². The SMILES string of the molecule is O=C(Nc1ccc(F)cc1F)c1cccc(Oc2ccc(F)c(F)c2)n1. The van der Waals surface area contributed by atoms with E-state index in [0.717, 1.165) is 24.3 Å². The molecule has 0 bridgehead atoms. The van der Waals surface area contributed by atoms with Gasteiger partial charge in [-0.2, -0.15) is 0 Å². The molecule has 0 fully saturated rings. The Kier molecular flexibility index (Phi) is 4.83. The van der Waals surface area contributed by atoms with Crippen molar-refractivity contribution in [2.24, 2.45) is 0 Å². The second-order valence-corrected chi connectivity index (χ2v) is 5.12. The largest absolute Gasteiger partial charge is 0.439 e. The summed E-state index contributed by atoms with van der Waals surface area (Å²) in [5.74, 6) is -4.66. The van der Waals surface area contributed by atoms with Crippen molar-refractivity contribution in [3.8, 4) is 11.6 Å². The molecule has 2 aromatic carbocycles. The lowest BCUT2D eigenvalue weighted by atomic mass is 10.2. The van der Waals surface area contributed by atoms with Gasteiger partial charge in [0.05, 0.1) is 5.69 Å². The summed E-state index contributed by atoms with van der Waals surface area (Å²) in [4.78, 5) is 16.1. The van der Waals surface area contributed by atoms with E-state index < -0.39 is 29.2 Å². The zero-order valence-electron chi connectivity index (χ0n) is 13.0. The third-order valence-electron chi connectivity index (χ3n) is 3.25. The molecule has 0 atom stereocenters. The highest BCUT2D eigenvalue weighted by Crippen LogP contribution is 2.22. The van der Waals surface area contributed by atoms with Crippen LogP contribution in [-0.4, -0.2) is 10.9 Å². The lowest BCUT2D eigenvalue weighted by molar-refractivity contribution is 0.102. The first kappa shape index (κ1) is 17.4. The summed E-state index contributed by atoms with van der Waals surface area (Å²) in [5, 5.41) is 2.25. The van der Waals surface area contributed by atoms with Crippen molar-refractivity contribution >= 4 is 11.6 Å². The second kappa shape index (κ2) is 7.22. The monoisotopic (exact) mass is 362 g/mol. The van der Waals surface area contributed by atoms with Crippen LogP contribution in [-0.2, 0) is 0 Å². The molecule has 0 aliphatic rings. The molecule has 0 saturated carbocycles. The van der Waals surface area contributed by atoms with Crippen LogP contribution in [0.3, 0.4) is 0 Å². The summed E-state index contributed by atoms with van der Waals surface area (Å²) >= 11 is 0. The zero-order chi connectivity index (χ0) is 18.7. The molecule has 1 N–H and O–H groups in total. The molecule has 0 spiro atoms. The van der Waals surface area contributed by atoms with Crippen LogP contribution in [0.1, 0.15) is 10.5 Å². The van der Waals surface area contributed by atoms with Gasteiger partial charge < -0.3 is 10.1 Å². The van der Waals surface area contributed by atoms with Crippen LogP contribution in [0.25, 0.3) is 0 Å². The number of aromatic nitrogens is 1. The van der Waals surface area contributed by atoms with Gasteiger partial charge >= 0.3 is 0 Å². The molecule has 1 aromatic heterocycles. The molecule has 0 saturated heterocycles. The van der Waals surface area contributed by atoms with E-state index >= 15 is 0 Å². The Morgan fingerprint density at radius 3 is 2.42 bits per heavy atom. The van der Waals surface area contributed by atoms with E-state index in [2.05, 4.69) is 10.3 Å². The maximum absolute atomic E-state index is 13.6. The van der Waals surface area contributed by atoms with Crippen molar-refractivity contribution in [1.29, 1.82) is 0 Å². The Hall–Kier alpha value is -3.42. The quantitative estimate of drug-likeness (QED) is 0.686. The summed E-state index contributed by atoms with van der Waals surface area (Å²) in [7, 11) is 0. The summed E-state index contributed by atoms with van der Waals surface area (Å²) in [5.41, 5.74) is -0.334. The van der Waals surface area contributed by atoms with Crippen molar-refractivity contribution in [3.05, 3.63) is 83.6 Å². The number of amides is 1. The highest BCUT2D eigenvalue weighted by molar-refractivity contribution is 6.03. The maximum atomic E-state index is 13.6. The van der Waals surface area contributed by atoms with Crippen LogP contribution in [0, 0.1) is 23.3 Å². The van der Waals surface area contributed by atoms with Crippen molar-refractivity contribution < 1.29 is 27.1 Å². The van der Waals surface area contributed by atoms with Crippen molar-refractivity contribution in [2.45, 2.75) is 0 Å². The highest BCUT2D eigenvalue weighted by atomic mass is 19.2. The third-order valence-corrected chi connectivity index (χ3v) is 3.25. The summed E-state index contributed by atoms with van der Waals surface area (Å²) in [6.07, 6.45) is 0. The van der Waals surface area contributed by atoms with Gasteiger partial charge in [-0.1, -0.05) is 6.07 Å². The molecule has 26 heavy (non-hydrogen) atoms. The molecule has 132 valence electrons. The first-order valence-corrected chi connectivity index (χ1v) is 7.29. The van der Waals surface area contributed by atoms with Gasteiger partial charge in [0.25, 0.3) is 5.91 Å². The average molecular weight is 362 g/mol. The molecular formula is C18H10F4N2O2. The Labute approximate surface area is 145 Å². The number of nitrogens with zero attached hydrogens (tertiary/aromatic N) is 1. The minimum absolute atomic E-state index is 0.0152. The summed E-state index contributed by atoms with van der Waals surface area (Å²) in [6.45, 7) is 0. The number of rotatable bonds is 4. The Bertz CT molecular complexity index is 979. The molecule has 1 amide bonds. The second-order valence-electron chi connectivity index (χ2n) is 5.12. The number of ether oxygens (including phenoxy) is 1. The number of carbonyl (C=O) groups is 1. The van der Waals surface area contributed by atoms with Gasteiger partial charge in [0, 0.05) is 18.2 Å². The van der Waals surface area contributed by atoms with Crippen molar-refractivity contribution in [1.82, 2.24) is 4.98 Å². The van der Waals surface area contributed by atoms with Crippen LogP contribution < -0.4 is 10.1 Å². The van der Waals surface area contributed by atoms with E-state index in [9.17, 15) is 22.4 Å². The van der Waals surface area contributed by atoms with E-state index in [1.807, 2.05) is 0 Å². The molecule has 0 radical (unpaired) electrons. The normalized spacial score (nSPS) is 10.5.